The monoisotopic (exact) mass is 634 g/mol. The van der Waals surface area contributed by atoms with Crippen molar-refractivity contribution in [3.63, 3.8) is 0 Å². The highest BCUT2D eigenvalue weighted by Crippen LogP contribution is 2.57. The maximum Gasteiger partial charge on any atom is 0.419 e. The van der Waals surface area contributed by atoms with Crippen molar-refractivity contribution in [1.82, 2.24) is 34.1 Å². The van der Waals surface area contributed by atoms with Gasteiger partial charge in [0.1, 0.15) is 0 Å². The lowest BCUT2D eigenvalue weighted by Gasteiger charge is -2.23. The molecule has 1 fully saturated rings. The van der Waals surface area contributed by atoms with E-state index in [1.165, 1.54) is 30.6 Å². The third-order valence-electron chi connectivity index (χ3n) is 8.77. The van der Waals surface area contributed by atoms with Crippen LogP contribution in [0.5, 0.6) is 0 Å². The average Bonchev–Trinajstić information content (AvgIpc) is 3.29. The van der Waals surface area contributed by atoms with E-state index in [1.54, 1.807) is 28.7 Å². The SMILES string of the molecule is C[C@@H]1CCC2C[C@@]2(n2cnc(-c3cc(Cl)ccc3-n3cc(C(F)(F)F)cn3)cc2=O)c2cc(ccn2)-c2c(cnn2C)NC1=O. The largest absolute Gasteiger partial charge is 0.419 e. The second-order valence-corrected chi connectivity index (χ2v) is 12.0. The van der Waals surface area contributed by atoms with Crippen LogP contribution in [0.1, 0.15) is 37.4 Å². The number of hydrogen-bond acceptors (Lipinski definition) is 6. The van der Waals surface area contributed by atoms with Crippen molar-refractivity contribution in [1.29, 1.82) is 0 Å². The zero-order chi connectivity index (χ0) is 31.7. The van der Waals surface area contributed by atoms with Crippen LogP contribution in [0.4, 0.5) is 18.9 Å². The summed E-state index contributed by atoms with van der Waals surface area (Å²) in [5, 5.41) is 11.6. The Balaban J connectivity index is 1.33. The lowest BCUT2D eigenvalue weighted by Crippen LogP contribution is -2.34. The number of benzene rings is 1. The lowest BCUT2D eigenvalue weighted by atomic mass is 9.97. The van der Waals surface area contributed by atoms with Crippen molar-refractivity contribution in [3.05, 3.63) is 94.1 Å². The fourth-order valence-electron chi connectivity index (χ4n) is 6.28. The molecule has 10 nitrogen and oxygen atoms in total. The molecule has 230 valence electrons. The third-order valence-corrected chi connectivity index (χ3v) is 9.01. The number of aromatic nitrogens is 7. The maximum atomic E-state index is 13.9. The number of carbonyl (C=O) groups excluding carboxylic acids is 1. The number of aryl methyl sites for hydroxylation is 1. The van der Waals surface area contributed by atoms with Gasteiger partial charge in [0.15, 0.2) is 0 Å². The second-order valence-electron chi connectivity index (χ2n) is 11.6. The molecule has 0 spiro atoms. The molecule has 5 aromatic rings. The van der Waals surface area contributed by atoms with E-state index in [9.17, 15) is 22.8 Å². The summed E-state index contributed by atoms with van der Waals surface area (Å²) in [5.41, 5.74) is 1.56. The Bertz CT molecular complexity index is 2030. The smallest absolute Gasteiger partial charge is 0.323 e. The van der Waals surface area contributed by atoms with E-state index in [-0.39, 0.29) is 34.7 Å². The minimum absolute atomic E-state index is 0.0119. The molecule has 1 aromatic carbocycles. The topological polar surface area (TPSA) is 113 Å². The highest BCUT2D eigenvalue weighted by Gasteiger charge is 2.58. The van der Waals surface area contributed by atoms with Crippen LogP contribution in [0, 0.1) is 11.8 Å². The summed E-state index contributed by atoms with van der Waals surface area (Å²) in [5.74, 6) is -0.371. The number of hydrogen-bond donors (Lipinski definition) is 1. The van der Waals surface area contributed by atoms with E-state index < -0.39 is 17.3 Å². The quantitative estimate of drug-likeness (QED) is 0.273. The van der Waals surface area contributed by atoms with Crippen LogP contribution in [-0.4, -0.2) is 40.0 Å². The lowest BCUT2D eigenvalue weighted by molar-refractivity contribution is -0.137. The van der Waals surface area contributed by atoms with Gasteiger partial charge in [-0.25, -0.2) is 9.67 Å². The predicted octanol–water partition coefficient (Wildman–Crippen LogP) is 5.70. The van der Waals surface area contributed by atoms with Gasteiger partial charge in [-0.2, -0.15) is 23.4 Å². The number of alkyl halides is 3. The van der Waals surface area contributed by atoms with Crippen molar-refractivity contribution in [3.8, 4) is 28.2 Å². The van der Waals surface area contributed by atoms with Crippen LogP contribution in [0.25, 0.3) is 28.2 Å². The zero-order valence-electron chi connectivity index (χ0n) is 24.1. The van der Waals surface area contributed by atoms with Crippen LogP contribution in [0.15, 0.2) is 72.3 Å². The summed E-state index contributed by atoms with van der Waals surface area (Å²) in [7, 11) is 1.79. The first kappa shape index (κ1) is 29.0. The third kappa shape index (κ3) is 4.91. The van der Waals surface area contributed by atoms with E-state index in [4.69, 9.17) is 16.6 Å². The number of fused-ring (bicyclic) bond motifs is 6. The van der Waals surface area contributed by atoms with Gasteiger partial charge in [-0.05, 0) is 55.5 Å². The number of rotatable bonds is 3. The molecule has 1 aliphatic heterocycles. The summed E-state index contributed by atoms with van der Waals surface area (Å²) < 4.78 is 44.2. The summed E-state index contributed by atoms with van der Waals surface area (Å²) in [6.07, 6.45) is 3.69. The molecule has 1 aliphatic carbocycles. The first-order chi connectivity index (χ1) is 21.5. The van der Waals surface area contributed by atoms with Crippen LogP contribution in [0.2, 0.25) is 5.02 Å². The van der Waals surface area contributed by atoms with Crippen molar-refractivity contribution >= 4 is 23.2 Å². The van der Waals surface area contributed by atoms with Gasteiger partial charge in [0.2, 0.25) is 5.91 Å². The molecule has 1 amide bonds. The number of nitrogens with one attached hydrogen (secondary N) is 1. The fourth-order valence-corrected chi connectivity index (χ4v) is 6.45. The highest BCUT2D eigenvalue weighted by atomic mass is 35.5. The maximum absolute atomic E-state index is 13.9. The first-order valence-corrected chi connectivity index (χ1v) is 14.6. The van der Waals surface area contributed by atoms with Crippen LogP contribution >= 0.6 is 11.6 Å². The molecule has 1 unspecified atom stereocenters. The molecule has 14 heteroatoms. The standard InChI is InChI=1S/C31H26ClF3N8O2/c1-17-3-4-19-12-30(19,26-9-18(7-8-36-26)28-24(40-29(17)45)14-38-41(28)2)42-16-37-23(11-27(42)44)22-10-21(32)5-6-25(22)43-15-20(13-39-43)31(33,34)35/h5-11,13-17,19H,3-4,12H2,1-2H3,(H,40,45)/t17-,19?,30+/m1/s1. The molecule has 4 aromatic heterocycles. The van der Waals surface area contributed by atoms with E-state index in [0.717, 1.165) is 22.6 Å². The Kier molecular flexibility index (Phi) is 6.69. The molecule has 0 radical (unpaired) electrons. The second kappa shape index (κ2) is 10.4. The molecular weight excluding hydrogens is 609 g/mol. The Labute approximate surface area is 259 Å². The minimum atomic E-state index is -4.57. The van der Waals surface area contributed by atoms with E-state index in [1.807, 2.05) is 19.1 Å². The van der Waals surface area contributed by atoms with E-state index >= 15 is 0 Å². The van der Waals surface area contributed by atoms with Crippen LogP contribution in [0.3, 0.4) is 0 Å². The number of nitrogens with zero attached hydrogens (tertiary/aromatic N) is 7. The van der Waals surface area contributed by atoms with Gasteiger partial charge in [-0.3, -0.25) is 23.8 Å². The van der Waals surface area contributed by atoms with Crippen molar-refractivity contribution in [2.75, 3.05) is 5.32 Å². The molecule has 7 rings (SSSR count). The Morgan fingerprint density at radius 1 is 1.04 bits per heavy atom. The summed E-state index contributed by atoms with van der Waals surface area (Å²) in [6, 6.07) is 9.70. The molecule has 0 saturated heterocycles. The van der Waals surface area contributed by atoms with Gasteiger partial charge in [-0.1, -0.05) is 18.5 Å². The molecule has 1 saturated carbocycles. The normalized spacial score (nSPS) is 21.2. The summed E-state index contributed by atoms with van der Waals surface area (Å²) in [6.45, 7) is 1.88. The summed E-state index contributed by atoms with van der Waals surface area (Å²) in [4.78, 5) is 36.3. The molecule has 45 heavy (non-hydrogen) atoms. The van der Waals surface area contributed by atoms with Crippen molar-refractivity contribution in [2.24, 2.45) is 18.9 Å². The van der Waals surface area contributed by atoms with Crippen LogP contribution in [-0.2, 0) is 23.6 Å². The first-order valence-electron chi connectivity index (χ1n) is 14.3. The van der Waals surface area contributed by atoms with Gasteiger partial charge in [0.05, 0.1) is 58.3 Å². The Morgan fingerprint density at radius 3 is 2.62 bits per heavy atom. The van der Waals surface area contributed by atoms with Crippen molar-refractivity contribution in [2.45, 2.75) is 37.9 Å². The number of amides is 1. The summed E-state index contributed by atoms with van der Waals surface area (Å²) >= 11 is 6.28. The van der Waals surface area contributed by atoms with Crippen molar-refractivity contribution < 1.29 is 18.0 Å². The van der Waals surface area contributed by atoms with Crippen LogP contribution < -0.4 is 10.9 Å². The van der Waals surface area contributed by atoms with E-state index in [2.05, 4.69) is 20.5 Å². The number of pyridine rings is 1. The number of carbonyl (C=O) groups is 1. The Morgan fingerprint density at radius 2 is 1.87 bits per heavy atom. The molecule has 2 bridgehead atoms. The highest BCUT2D eigenvalue weighted by molar-refractivity contribution is 6.31. The van der Waals surface area contributed by atoms with Gasteiger partial charge in [-0.15, -0.1) is 0 Å². The van der Waals surface area contributed by atoms with Gasteiger partial charge in [0, 0.05) is 47.6 Å². The molecule has 2 aliphatic rings. The van der Waals surface area contributed by atoms with Gasteiger partial charge >= 0.3 is 6.18 Å². The minimum Gasteiger partial charge on any atom is -0.323 e. The Hall–Kier alpha value is -4.78. The molecule has 1 N–H and O–H groups in total. The van der Waals surface area contributed by atoms with Gasteiger partial charge < -0.3 is 5.32 Å². The average molecular weight is 635 g/mol. The number of halogens is 4. The zero-order valence-corrected chi connectivity index (χ0v) is 24.8. The predicted molar refractivity (Wildman–Crippen MR) is 160 cm³/mol. The van der Waals surface area contributed by atoms with E-state index in [0.29, 0.717) is 46.9 Å². The fraction of sp³-hybridized carbons (Fsp3) is 0.290. The number of anilines is 1. The van der Waals surface area contributed by atoms with Gasteiger partial charge in [0.25, 0.3) is 5.56 Å². The molecule has 3 atom stereocenters. The molecule has 5 heterocycles. The molecular formula is C31H26ClF3N8O2.